The summed E-state index contributed by atoms with van der Waals surface area (Å²) in [5, 5.41) is 17.6. The minimum Gasteiger partial charge on any atom is -0.508 e. The fraction of sp³-hybridized carbons (Fsp3) is 0.275. The number of carbonyl (C=O) groups is 4. The van der Waals surface area contributed by atoms with Crippen LogP contribution >= 0.6 is 34.5 Å². The molecule has 0 radical (unpaired) electrons. The molecule has 52 heavy (non-hydrogen) atoms. The summed E-state index contributed by atoms with van der Waals surface area (Å²) < 4.78 is 2.62. The zero-order valence-corrected chi connectivity index (χ0v) is 30.7. The molecule has 4 heterocycles. The zero-order valence-electron chi connectivity index (χ0n) is 28.3. The number of aromatic hydroxyl groups is 1. The Morgan fingerprint density at radius 2 is 1.63 bits per heavy atom. The van der Waals surface area contributed by atoms with Gasteiger partial charge in [-0.25, -0.2) is 4.90 Å². The lowest BCUT2D eigenvalue weighted by atomic mass is 9.51. The molecule has 4 amide bonds. The molecule has 12 heteroatoms. The highest BCUT2D eigenvalue weighted by atomic mass is 35.5. The Labute approximate surface area is 313 Å². The molecular weight excluding hydrogens is 719 g/mol. The second-order valence-electron chi connectivity index (χ2n) is 14.5. The molecule has 9 nitrogen and oxygen atoms in total. The van der Waals surface area contributed by atoms with Gasteiger partial charge in [0.1, 0.15) is 17.3 Å². The molecule has 3 fully saturated rings. The number of aromatic nitrogens is 2. The van der Waals surface area contributed by atoms with E-state index in [1.165, 1.54) is 9.80 Å². The van der Waals surface area contributed by atoms with Crippen molar-refractivity contribution >= 4 is 79.8 Å². The molecule has 0 spiro atoms. The number of phenols is 1. The largest absolute Gasteiger partial charge is 0.508 e. The first-order chi connectivity index (χ1) is 24.9. The molecule has 2 aromatic heterocycles. The standard InChI is InChI=1S/C40H32Cl2N4O5S/c1-19-27-16-22(42)9-14-31(27)52-35(19)30-18-32(44(3)43-30)46-37(49)29-17-28-25(34(40(29,2)39(46)51)20-5-4-6-24(47)15-20)12-13-26-33(28)38(50)45(36(26)48)23-10-7-21(41)8-11-23/h4-12,14-16,18,26,28-29,33-34,47H,13,17H2,1-3H3. The number of halogens is 2. The maximum atomic E-state index is 15.0. The van der Waals surface area contributed by atoms with Gasteiger partial charge in [0.05, 0.1) is 33.7 Å². The van der Waals surface area contributed by atoms with E-state index >= 15 is 0 Å². The second-order valence-corrected chi connectivity index (χ2v) is 16.4. The summed E-state index contributed by atoms with van der Waals surface area (Å²) in [4.78, 5) is 61.4. The van der Waals surface area contributed by atoms with Crippen LogP contribution < -0.4 is 9.80 Å². The van der Waals surface area contributed by atoms with Gasteiger partial charge in [-0.15, -0.1) is 11.3 Å². The minimum atomic E-state index is -1.25. The number of anilines is 2. The van der Waals surface area contributed by atoms with Gasteiger partial charge < -0.3 is 5.11 Å². The number of fused-ring (bicyclic) bond motifs is 5. The molecule has 1 N–H and O–H groups in total. The van der Waals surface area contributed by atoms with E-state index in [0.717, 1.165) is 26.1 Å². The zero-order chi connectivity index (χ0) is 36.4. The smallest absolute Gasteiger partial charge is 0.242 e. The summed E-state index contributed by atoms with van der Waals surface area (Å²) in [6.45, 7) is 3.83. The van der Waals surface area contributed by atoms with E-state index in [4.69, 9.17) is 28.3 Å². The first-order valence-electron chi connectivity index (χ1n) is 17.1. The van der Waals surface area contributed by atoms with Crippen LogP contribution in [0.15, 0.2) is 84.4 Å². The van der Waals surface area contributed by atoms with Crippen LogP contribution in [0, 0.1) is 36.0 Å². The van der Waals surface area contributed by atoms with E-state index in [0.29, 0.717) is 39.2 Å². The molecule has 2 aliphatic heterocycles. The maximum absolute atomic E-state index is 15.0. The highest BCUT2D eigenvalue weighted by molar-refractivity contribution is 7.22. The van der Waals surface area contributed by atoms with Crippen LogP contribution in [0.3, 0.4) is 0 Å². The van der Waals surface area contributed by atoms with Crippen LogP contribution in [0.4, 0.5) is 11.5 Å². The lowest BCUT2D eigenvalue weighted by molar-refractivity contribution is -0.131. The number of hydrogen-bond donors (Lipinski definition) is 1. The maximum Gasteiger partial charge on any atom is 0.242 e. The number of carbonyl (C=O) groups excluding carboxylic acids is 4. The number of allylic oxidation sites excluding steroid dienone is 2. The number of thiophene rings is 1. The average molecular weight is 752 g/mol. The van der Waals surface area contributed by atoms with Gasteiger partial charge in [-0.05, 0) is 104 Å². The van der Waals surface area contributed by atoms with Gasteiger partial charge >= 0.3 is 0 Å². The molecule has 1 saturated carbocycles. The Bertz CT molecular complexity index is 2440. The summed E-state index contributed by atoms with van der Waals surface area (Å²) in [5.74, 6) is -4.23. The van der Waals surface area contributed by atoms with Crippen molar-refractivity contribution in [1.29, 1.82) is 0 Å². The number of phenolic OH excluding ortho intramolecular Hbond substituents is 1. The number of hydrogen-bond acceptors (Lipinski definition) is 7. The minimum absolute atomic E-state index is 0.0278. The van der Waals surface area contributed by atoms with Crippen LogP contribution in [-0.2, 0) is 26.2 Å². The lowest BCUT2D eigenvalue weighted by Crippen LogP contribution is -2.48. The van der Waals surface area contributed by atoms with Crippen LogP contribution in [0.25, 0.3) is 20.7 Å². The Balaban J connectivity index is 1.14. The number of benzene rings is 3. The third kappa shape index (κ3) is 4.56. The molecule has 262 valence electrons. The van der Waals surface area contributed by atoms with Crippen molar-refractivity contribution in [3.63, 3.8) is 0 Å². The Morgan fingerprint density at radius 1 is 0.885 bits per heavy atom. The van der Waals surface area contributed by atoms with E-state index in [2.05, 4.69) is 0 Å². The fourth-order valence-electron chi connectivity index (χ4n) is 9.38. The van der Waals surface area contributed by atoms with Gasteiger partial charge in [0.2, 0.25) is 23.6 Å². The Kier molecular flexibility index (Phi) is 7.39. The van der Waals surface area contributed by atoms with E-state index in [9.17, 15) is 24.3 Å². The van der Waals surface area contributed by atoms with Crippen LogP contribution in [-0.4, -0.2) is 38.5 Å². The topological polar surface area (TPSA) is 113 Å². The lowest BCUT2D eigenvalue weighted by Gasteiger charge is -2.49. The summed E-state index contributed by atoms with van der Waals surface area (Å²) in [6, 6.07) is 20.9. The van der Waals surface area contributed by atoms with E-state index in [1.807, 2.05) is 44.2 Å². The van der Waals surface area contributed by atoms with Crippen molar-refractivity contribution in [2.24, 2.45) is 36.1 Å². The van der Waals surface area contributed by atoms with E-state index in [-0.39, 0.29) is 35.8 Å². The molecule has 2 saturated heterocycles. The molecule has 5 aromatic rings. The third-order valence-electron chi connectivity index (χ3n) is 11.8. The third-order valence-corrected chi connectivity index (χ3v) is 13.6. The Morgan fingerprint density at radius 3 is 2.38 bits per heavy atom. The fourth-order valence-corrected chi connectivity index (χ4v) is 10.8. The van der Waals surface area contributed by atoms with Crippen molar-refractivity contribution in [2.75, 3.05) is 9.80 Å². The molecule has 6 atom stereocenters. The van der Waals surface area contributed by atoms with Crippen molar-refractivity contribution in [2.45, 2.75) is 32.6 Å². The van der Waals surface area contributed by atoms with Gasteiger partial charge in [0.15, 0.2) is 0 Å². The monoisotopic (exact) mass is 750 g/mol. The van der Waals surface area contributed by atoms with Crippen LogP contribution in [0.5, 0.6) is 5.75 Å². The number of rotatable bonds is 4. The predicted octanol–water partition coefficient (Wildman–Crippen LogP) is 8.06. The van der Waals surface area contributed by atoms with Gasteiger partial charge in [-0.3, -0.25) is 28.8 Å². The first-order valence-corrected chi connectivity index (χ1v) is 18.7. The quantitative estimate of drug-likeness (QED) is 0.147. The summed E-state index contributed by atoms with van der Waals surface area (Å²) in [6.07, 6.45) is 2.53. The SMILES string of the molecule is Cc1c(-c2cc(N3C(=O)C4CC5C(=CCC6C(=O)N(c7ccc(Cl)cc7)C(=O)C65)C(c5cccc(O)c5)C4(C)C3=O)n(C)n2)sc2ccc(Cl)cc12. The molecule has 3 aromatic carbocycles. The highest BCUT2D eigenvalue weighted by Gasteiger charge is 2.68. The van der Waals surface area contributed by atoms with Crippen LogP contribution in [0.2, 0.25) is 10.0 Å². The molecule has 0 bridgehead atoms. The van der Waals surface area contributed by atoms with Crippen molar-refractivity contribution in [3.8, 4) is 16.3 Å². The first kappa shape index (κ1) is 33.1. The number of imide groups is 2. The van der Waals surface area contributed by atoms with E-state index in [1.54, 1.807) is 71.6 Å². The molecule has 6 unspecified atom stereocenters. The van der Waals surface area contributed by atoms with Crippen molar-refractivity contribution in [3.05, 3.63) is 106 Å². The van der Waals surface area contributed by atoms with E-state index < -0.39 is 35.0 Å². The summed E-state index contributed by atoms with van der Waals surface area (Å²) >= 11 is 14.0. The number of amides is 4. The average Bonchev–Trinajstić information content (AvgIpc) is 3.79. The normalized spacial score (nSPS) is 26.9. The summed E-state index contributed by atoms with van der Waals surface area (Å²) in [7, 11) is 1.72. The van der Waals surface area contributed by atoms with Gasteiger partial charge in [-0.1, -0.05) is 47.0 Å². The predicted molar refractivity (Wildman–Crippen MR) is 200 cm³/mol. The molecular formula is C40H32Cl2N4O5S. The van der Waals surface area contributed by atoms with Crippen molar-refractivity contribution < 1.29 is 24.3 Å². The second kappa shape index (κ2) is 11.6. The molecule has 2 aliphatic carbocycles. The number of aryl methyl sites for hydroxylation is 2. The van der Waals surface area contributed by atoms with Gasteiger partial charge in [0, 0.05) is 33.8 Å². The summed E-state index contributed by atoms with van der Waals surface area (Å²) in [5.41, 5.74) is 2.34. The molecule has 9 rings (SSSR count). The number of nitrogens with zero attached hydrogens (tertiary/aromatic N) is 4. The van der Waals surface area contributed by atoms with Crippen LogP contribution in [0.1, 0.15) is 36.8 Å². The Hall–Kier alpha value is -4.77. The molecule has 4 aliphatic rings. The van der Waals surface area contributed by atoms with Gasteiger partial charge in [0.25, 0.3) is 0 Å². The van der Waals surface area contributed by atoms with Crippen molar-refractivity contribution in [1.82, 2.24) is 9.78 Å². The van der Waals surface area contributed by atoms with Gasteiger partial charge in [-0.2, -0.15) is 5.10 Å². The highest BCUT2D eigenvalue weighted by Crippen LogP contribution is 2.64.